The number of hydrogen-bond donors (Lipinski definition) is 1. The summed E-state index contributed by atoms with van der Waals surface area (Å²) in [5.74, 6) is 2.16. The van der Waals surface area contributed by atoms with E-state index in [-0.39, 0.29) is 0 Å². The Morgan fingerprint density at radius 3 is 2.42 bits per heavy atom. The van der Waals surface area contributed by atoms with Crippen LogP contribution in [-0.2, 0) is 0 Å². The lowest BCUT2D eigenvalue weighted by molar-refractivity contribution is 0.479. The lowest BCUT2D eigenvalue weighted by Gasteiger charge is -2.12. The predicted molar refractivity (Wildman–Crippen MR) is 82.7 cm³/mol. The van der Waals surface area contributed by atoms with Crippen LogP contribution in [0, 0.1) is 0 Å². The van der Waals surface area contributed by atoms with Crippen LogP contribution < -0.4 is 10.5 Å². The van der Waals surface area contributed by atoms with Gasteiger partial charge in [0.05, 0.1) is 4.47 Å². The number of para-hydroxylation sites is 1. The van der Waals surface area contributed by atoms with Crippen molar-refractivity contribution >= 4 is 15.9 Å². The second-order valence-electron chi connectivity index (χ2n) is 4.58. The topological polar surface area (TPSA) is 35.2 Å². The first-order valence-corrected chi connectivity index (χ1v) is 7.22. The molecule has 0 aliphatic heterocycles. The van der Waals surface area contributed by atoms with E-state index in [1.807, 2.05) is 36.4 Å². The first-order valence-electron chi connectivity index (χ1n) is 6.43. The molecule has 0 saturated heterocycles. The zero-order valence-corrected chi connectivity index (χ0v) is 12.6. The summed E-state index contributed by atoms with van der Waals surface area (Å²) in [6.45, 7) is 2.91. The average Bonchev–Trinajstić information content (AvgIpc) is 2.42. The fraction of sp³-hybridized carbons (Fsp3) is 0.250. The molecule has 1 unspecified atom stereocenters. The molecule has 2 nitrogen and oxygen atoms in total. The Balaban J connectivity index is 2.09. The molecular formula is C16H18BrNO. The standard InChI is InChI=1S/C16H18BrNO/c1-12(10-11-18)13-6-8-14(9-7-13)19-16-5-3-2-4-15(16)17/h2-9,12H,10-11,18H2,1H3. The summed E-state index contributed by atoms with van der Waals surface area (Å²) in [6, 6.07) is 16.0. The van der Waals surface area contributed by atoms with Gasteiger partial charge in [0.15, 0.2) is 0 Å². The Labute approximate surface area is 122 Å². The minimum absolute atomic E-state index is 0.488. The Morgan fingerprint density at radius 2 is 1.79 bits per heavy atom. The first-order chi connectivity index (χ1) is 9.20. The molecule has 0 aliphatic rings. The maximum absolute atomic E-state index is 5.83. The summed E-state index contributed by atoms with van der Waals surface area (Å²) in [5, 5.41) is 0. The Kier molecular flexibility index (Phi) is 5.00. The Hall–Kier alpha value is -1.32. The van der Waals surface area contributed by atoms with Crippen molar-refractivity contribution in [3.63, 3.8) is 0 Å². The summed E-state index contributed by atoms with van der Waals surface area (Å²) in [7, 11) is 0. The van der Waals surface area contributed by atoms with Crippen LogP contribution in [0.15, 0.2) is 53.0 Å². The molecule has 0 radical (unpaired) electrons. The molecule has 2 aromatic rings. The minimum atomic E-state index is 0.488. The van der Waals surface area contributed by atoms with Gasteiger partial charge in [-0.15, -0.1) is 0 Å². The first kappa shape index (κ1) is 14.1. The fourth-order valence-electron chi connectivity index (χ4n) is 1.94. The molecule has 0 fully saturated rings. The van der Waals surface area contributed by atoms with E-state index in [1.54, 1.807) is 0 Å². The van der Waals surface area contributed by atoms with Crippen molar-refractivity contribution < 1.29 is 4.74 Å². The van der Waals surface area contributed by atoms with E-state index in [9.17, 15) is 0 Å². The summed E-state index contributed by atoms with van der Waals surface area (Å²) < 4.78 is 6.79. The summed E-state index contributed by atoms with van der Waals surface area (Å²) in [5.41, 5.74) is 6.88. The van der Waals surface area contributed by atoms with Gasteiger partial charge < -0.3 is 10.5 Å². The number of hydrogen-bond acceptors (Lipinski definition) is 2. The molecule has 1 atom stereocenters. The second-order valence-corrected chi connectivity index (χ2v) is 5.43. The zero-order valence-electron chi connectivity index (χ0n) is 11.0. The number of halogens is 1. The van der Waals surface area contributed by atoms with Gasteiger partial charge in [-0.05, 0) is 64.6 Å². The van der Waals surface area contributed by atoms with Gasteiger partial charge in [0.1, 0.15) is 11.5 Å². The predicted octanol–water partition coefficient (Wildman–Crippen LogP) is 4.69. The molecule has 19 heavy (non-hydrogen) atoms. The highest BCUT2D eigenvalue weighted by atomic mass is 79.9. The van der Waals surface area contributed by atoms with Gasteiger partial charge in [0.25, 0.3) is 0 Å². The van der Waals surface area contributed by atoms with E-state index in [0.29, 0.717) is 5.92 Å². The third kappa shape index (κ3) is 3.82. The van der Waals surface area contributed by atoms with E-state index >= 15 is 0 Å². The van der Waals surface area contributed by atoms with Crippen LogP contribution in [0.2, 0.25) is 0 Å². The summed E-state index contributed by atoms with van der Waals surface area (Å²) in [6.07, 6.45) is 1.00. The Bertz CT molecular complexity index is 525. The number of ether oxygens (including phenoxy) is 1. The van der Waals surface area contributed by atoms with Crippen LogP contribution in [-0.4, -0.2) is 6.54 Å². The molecule has 2 N–H and O–H groups in total. The molecule has 2 rings (SSSR count). The molecule has 0 aromatic heterocycles. The molecule has 0 heterocycles. The van der Waals surface area contributed by atoms with Crippen molar-refractivity contribution in [3.05, 3.63) is 58.6 Å². The Morgan fingerprint density at radius 1 is 1.11 bits per heavy atom. The van der Waals surface area contributed by atoms with Crippen molar-refractivity contribution in [1.29, 1.82) is 0 Å². The van der Waals surface area contributed by atoms with E-state index in [2.05, 4.69) is 35.0 Å². The highest BCUT2D eigenvalue weighted by Gasteiger charge is 2.05. The highest BCUT2D eigenvalue weighted by molar-refractivity contribution is 9.10. The molecule has 0 spiro atoms. The molecule has 0 amide bonds. The molecule has 0 aliphatic carbocycles. The number of rotatable bonds is 5. The molecule has 0 saturated carbocycles. The third-order valence-corrected chi connectivity index (χ3v) is 3.77. The van der Waals surface area contributed by atoms with E-state index in [4.69, 9.17) is 10.5 Å². The number of nitrogens with two attached hydrogens (primary N) is 1. The quantitative estimate of drug-likeness (QED) is 0.867. The zero-order chi connectivity index (χ0) is 13.7. The van der Waals surface area contributed by atoms with Crippen molar-refractivity contribution in [2.45, 2.75) is 19.3 Å². The van der Waals surface area contributed by atoms with Crippen LogP contribution in [0.25, 0.3) is 0 Å². The summed E-state index contributed by atoms with van der Waals surface area (Å²) >= 11 is 3.47. The maximum atomic E-state index is 5.83. The molecule has 100 valence electrons. The van der Waals surface area contributed by atoms with Crippen molar-refractivity contribution in [2.75, 3.05) is 6.54 Å². The van der Waals surface area contributed by atoms with Gasteiger partial charge >= 0.3 is 0 Å². The average molecular weight is 320 g/mol. The van der Waals surface area contributed by atoms with E-state index in [0.717, 1.165) is 28.9 Å². The van der Waals surface area contributed by atoms with Gasteiger partial charge in [0, 0.05) is 0 Å². The lowest BCUT2D eigenvalue weighted by atomic mass is 9.98. The molecule has 0 bridgehead atoms. The van der Waals surface area contributed by atoms with Gasteiger partial charge in [-0.25, -0.2) is 0 Å². The van der Waals surface area contributed by atoms with Crippen LogP contribution in [0.3, 0.4) is 0 Å². The van der Waals surface area contributed by atoms with Crippen LogP contribution in [0.5, 0.6) is 11.5 Å². The lowest BCUT2D eigenvalue weighted by Crippen LogP contribution is -2.04. The number of benzene rings is 2. The van der Waals surface area contributed by atoms with Gasteiger partial charge in [-0.2, -0.15) is 0 Å². The molecule has 2 aromatic carbocycles. The maximum Gasteiger partial charge on any atom is 0.141 e. The second kappa shape index (κ2) is 6.73. The SMILES string of the molecule is CC(CCN)c1ccc(Oc2ccccc2Br)cc1. The summed E-state index contributed by atoms with van der Waals surface area (Å²) in [4.78, 5) is 0. The van der Waals surface area contributed by atoms with Crippen molar-refractivity contribution in [1.82, 2.24) is 0 Å². The van der Waals surface area contributed by atoms with E-state index in [1.165, 1.54) is 5.56 Å². The van der Waals surface area contributed by atoms with Crippen LogP contribution >= 0.6 is 15.9 Å². The highest BCUT2D eigenvalue weighted by Crippen LogP contribution is 2.30. The normalized spacial score (nSPS) is 12.2. The van der Waals surface area contributed by atoms with Gasteiger partial charge in [-0.3, -0.25) is 0 Å². The van der Waals surface area contributed by atoms with Crippen LogP contribution in [0.1, 0.15) is 24.8 Å². The molecule has 3 heteroatoms. The van der Waals surface area contributed by atoms with Crippen molar-refractivity contribution in [2.24, 2.45) is 5.73 Å². The third-order valence-electron chi connectivity index (χ3n) is 3.11. The van der Waals surface area contributed by atoms with Crippen molar-refractivity contribution in [3.8, 4) is 11.5 Å². The van der Waals surface area contributed by atoms with Gasteiger partial charge in [0.2, 0.25) is 0 Å². The smallest absolute Gasteiger partial charge is 0.141 e. The van der Waals surface area contributed by atoms with Crippen LogP contribution in [0.4, 0.5) is 0 Å². The van der Waals surface area contributed by atoms with E-state index < -0.39 is 0 Å². The monoisotopic (exact) mass is 319 g/mol. The largest absolute Gasteiger partial charge is 0.456 e. The minimum Gasteiger partial charge on any atom is -0.456 e. The fourth-order valence-corrected chi connectivity index (χ4v) is 2.30. The van der Waals surface area contributed by atoms with Gasteiger partial charge in [-0.1, -0.05) is 31.2 Å². The molecular weight excluding hydrogens is 302 g/mol.